The lowest BCUT2D eigenvalue weighted by Crippen LogP contribution is -2.15. The van der Waals surface area contributed by atoms with Crippen LogP contribution in [0.2, 0.25) is 0 Å². The van der Waals surface area contributed by atoms with Crippen LogP contribution in [0, 0.1) is 5.82 Å². The highest BCUT2D eigenvalue weighted by Gasteiger charge is 2.13. The second kappa shape index (κ2) is 6.12. The fourth-order valence-corrected chi connectivity index (χ4v) is 1.70. The van der Waals surface area contributed by atoms with Gasteiger partial charge in [0.05, 0.1) is 18.4 Å². The van der Waals surface area contributed by atoms with E-state index in [4.69, 9.17) is 5.11 Å². The first-order valence-corrected chi connectivity index (χ1v) is 5.98. The fraction of sp³-hybridized carbons (Fsp3) is 0.143. The van der Waals surface area contributed by atoms with Crippen molar-refractivity contribution in [3.8, 4) is 0 Å². The molecule has 0 unspecified atom stereocenters. The predicted molar refractivity (Wildman–Crippen MR) is 74.1 cm³/mol. The molecule has 0 radical (unpaired) electrons. The van der Waals surface area contributed by atoms with Gasteiger partial charge in [-0.15, -0.1) is 0 Å². The first kappa shape index (κ1) is 14.0. The van der Waals surface area contributed by atoms with E-state index in [1.54, 1.807) is 31.3 Å². The number of aromatic nitrogens is 1. The highest BCUT2D eigenvalue weighted by Crippen LogP contribution is 2.16. The minimum Gasteiger partial charge on any atom is -0.392 e. The van der Waals surface area contributed by atoms with E-state index in [1.165, 1.54) is 0 Å². The summed E-state index contributed by atoms with van der Waals surface area (Å²) in [6.45, 7) is -0.0635. The highest BCUT2D eigenvalue weighted by molar-refractivity contribution is 6.07. The molecule has 6 heteroatoms. The van der Waals surface area contributed by atoms with Gasteiger partial charge in [-0.3, -0.25) is 4.79 Å². The van der Waals surface area contributed by atoms with Crippen LogP contribution in [0.1, 0.15) is 15.9 Å². The molecule has 0 aliphatic rings. The number of halogens is 1. The molecule has 2 aromatic rings. The minimum absolute atomic E-state index is 0.0635. The molecule has 0 bridgehead atoms. The smallest absolute Gasteiger partial charge is 0.259 e. The van der Waals surface area contributed by atoms with Crippen LogP contribution in [-0.4, -0.2) is 23.0 Å². The average Bonchev–Trinajstić information content (AvgIpc) is 2.48. The number of anilines is 2. The number of rotatable bonds is 4. The zero-order valence-corrected chi connectivity index (χ0v) is 10.9. The van der Waals surface area contributed by atoms with Gasteiger partial charge < -0.3 is 15.7 Å². The number of amides is 1. The van der Waals surface area contributed by atoms with Crippen LogP contribution in [0.25, 0.3) is 0 Å². The van der Waals surface area contributed by atoms with Crippen LogP contribution in [0.3, 0.4) is 0 Å². The van der Waals surface area contributed by atoms with E-state index in [1.807, 2.05) is 0 Å². The third kappa shape index (κ3) is 3.10. The Morgan fingerprint density at radius 3 is 2.65 bits per heavy atom. The molecular weight excluding hydrogens is 261 g/mol. The second-order valence-corrected chi connectivity index (χ2v) is 4.11. The van der Waals surface area contributed by atoms with Gasteiger partial charge in [0.25, 0.3) is 5.91 Å². The third-order valence-corrected chi connectivity index (χ3v) is 2.73. The third-order valence-electron chi connectivity index (χ3n) is 2.73. The Bertz CT molecular complexity index is 614. The van der Waals surface area contributed by atoms with Crippen LogP contribution < -0.4 is 10.6 Å². The lowest BCUT2D eigenvalue weighted by molar-refractivity contribution is 0.102. The summed E-state index contributed by atoms with van der Waals surface area (Å²) >= 11 is 0. The maximum absolute atomic E-state index is 13.2. The van der Waals surface area contributed by atoms with Crippen LogP contribution in [-0.2, 0) is 6.61 Å². The Morgan fingerprint density at radius 1 is 1.35 bits per heavy atom. The summed E-state index contributed by atoms with van der Waals surface area (Å²) in [5, 5.41) is 14.3. The molecule has 0 spiro atoms. The van der Waals surface area contributed by atoms with Crippen molar-refractivity contribution in [2.75, 3.05) is 17.7 Å². The van der Waals surface area contributed by atoms with Crippen molar-refractivity contribution < 1.29 is 14.3 Å². The molecule has 2 rings (SSSR count). The van der Waals surface area contributed by atoms with Gasteiger partial charge in [0.2, 0.25) is 0 Å². The summed E-state index contributed by atoms with van der Waals surface area (Å²) in [7, 11) is 1.60. The summed E-state index contributed by atoms with van der Waals surface area (Å²) in [5.74, 6) is -0.737. The van der Waals surface area contributed by atoms with Crippen molar-refractivity contribution in [3.63, 3.8) is 0 Å². The Hall–Kier alpha value is -2.47. The molecule has 0 fully saturated rings. The topological polar surface area (TPSA) is 74.2 Å². The molecule has 1 aromatic carbocycles. The SMILES string of the molecule is CNc1ncc(F)cc1C(=O)Nc1ccc(CO)cc1. The number of nitrogens with zero attached hydrogens (tertiary/aromatic N) is 1. The zero-order chi connectivity index (χ0) is 14.5. The number of carbonyl (C=O) groups is 1. The predicted octanol–water partition coefficient (Wildman–Crippen LogP) is 2.01. The molecule has 1 heterocycles. The lowest BCUT2D eigenvalue weighted by Gasteiger charge is -2.09. The lowest BCUT2D eigenvalue weighted by atomic mass is 10.2. The van der Waals surface area contributed by atoms with Crippen molar-refractivity contribution in [2.24, 2.45) is 0 Å². The number of pyridine rings is 1. The van der Waals surface area contributed by atoms with E-state index < -0.39 is 11.7 Å². The molecule has 1 aromatic heterocycles. The van der Waals surface area contributed by atoms with Gasteiger partial charge in [-0.2, -0.15) is 0 Å². The Morgan fingerprint density at radius 2 is 2.05 bits per heavy atom. The van der Waals surface area contributed by atoms with Gasteiger partial charge in [-0.1, -0.05) is 12.1 Å². The molecular formula is C14H14FN3O2. The van der Waals surface area contributed by atoms with Gasteiger partial charge in [0.1, 0.15) is 11.6 Å². The molecule has 0 saturated carbocycles. The van der Waals surface area contributed by atoms with Crippen molar-refractivity contribution in [3.05, 3.63) is 53.5 Å². The summed E-state index contributed by atoms with van der Waals surface area (Å²) in [6.07, 6.45) is 1.04. The van der Waals surface area contributed by atoms with Crippen molar-refractivity contribution in [1.29, 1.82) is 0 Å². The van der Waals surface area contributed by atoms with E-state index in [0.29, 0.717) is 11.5 Å². The standard InChI is InChI=1S/C14H14FN3O2/c1-16-13-12(6-10(15)7-17-13)14(20)18-11-4-2-9(8-19)3-5-11/h2-7,19H,8H2,1H3,(H,16,17)(H,18,20). The minimum atomic E-state index is -0.579. The summed E-state index contributed by atoms with van der Waals surface area (Å²) in [6, 6.07) is 7.83. The van der Waals surface area contributed by atoms with Crippen molar-refractivity contribution >= 4 is 17.4 Å². The van der Waals surface area contributed by atoms with E-state index in [0.717, 1.165) is 17.8 Å². The Balaban J connectivity index is 2.20. The number of carbonyl (C=O) groups excluding carboxylic acids is 1. The van der Waals surface area contributed by atoms with Gasteiger partial charge in [-0.25, -0.2) is 9.37 Å². The van der Waals surface area contributed by atoms with Crippen molar-refractivity contribution in [2.45, 2.75) is 6.61 Å². The molecule has 1 amide bonds. The molecule has 0 atom stereocenters. The normalized spacial score (nSPS) is 10.2. The molecule has 20 heavy (non-hydrogen) atoms. The number of hydrogen-bond acceptors (Lipinski definition) is 4. The average molecular weight is 275 g/mol. The maximum atomic E-state index is 13.2. The highest BCUT2D eigenvalue weighted by atomic mass is 19.1. The molecule has 5 nitrogen and oxygen atoms in total. The van der Waals surface area contributed by atoms with Crippen LogP contribution in [0.5, 0.6) is 0 Å². The van der Waals surface area contributed by atoms with E-state index in [-0.39, 0.29) is 12.2 Å². The van der Waals surface area contributed by atoms with E-state index >= 15 is 0 Å². The van der Waals surface area contributed by atoms with Crippen molar-refractivity contribution in [1.82, 2.24) is 4.98 Å². The molecule has 0 saturated heterocycles. The maximum Gasteiger partial charge on any atom is 0.259 e. The van der Waals surface area contributed by atoms with E-state index in [9.17, 15) is 9.18 Å². The van der Waals surface area contributed by atoms with Crippen LogP contribution in [0.15, 0.2) is 36.5 Å². The summed E-state index contributed by atoms with van der Waals surface area (Å²) < 4.78 is 13.2. The number of aliphatic hydroxyl groups excluding tert-OH is 1. The molecule has 3 N–H and O–H groups in total. The van der Waals surface area contributed by atoms with Crippen LogP contribution in [0.4, 0.5) is 15.9 Å². The number of hydrogen-bond donors (Lipinski definition) is 3. The Kier molecular flexibility index (Phi) is 4.27. The number of aliphatic hydroxyl groups is 1. The Labute approximate surface area is 115 Å². The molecule has 104 valence electrons. The summed E-state index contributed by atoms with van der Waals surface area (Å²) in [5.41, 5.74) is 1.42. The van der Waals surface area contributed by atoms with Gasteiger partial charge in [0.15, 0.2) is 0 Å². The van der Waals surface area contributed by atoms with E-state index in [2.05, 4.69) is 15.6 Å². The monoisotopic (exact) mass is 275 g/mol. The second-order valence-electron chi connectivity index (χ2n) is 4.11. The molecule has 0 aliphatic heterocycles. The number of nitrogens with one attached hydrogen (secondary N) is 2. The fourth-order valence-electron chi connectivity index (χ4n) is 1.70. The zero-order valence-electron chi connectivity index (χ0n) is 10.9. The molecule has 0 aliphatic carbocycles. The number of benzene rings is 1. The summed E-state index contributed by atoms with van der Waals surface area (Å²) in [4.78, 5) is 15.9. The quantitative estimate of drug-likeness (QED) is 0.798. The van der Waals surface area contributed by atoms with Gasteiger partial charge in [-0.05, 0) is 23.8 Å². The largest absolute Gasteiger partial charge is 0.392 e. The van der Waals surface area contributed by atoms with Gasteiger partial charge >= 0.3 is 0 Å². The van der Waals surface area contributed by atoms with Crippen LogP contribution >= 0.6 is 0 Å². The first-order chi connectivity index (χ1) is 9.63. The van der Waals surface area contributed by atoms with Gasteiger partial charge in [0, 0.05) is 12.7 Å². The first-order valence-electron chi connectivity index (χ1n) is 5.98.